The fourth-order valence-corrected chi connectivity index (χ4v) is 8.22. The van der Waals surface area contributed by atoms with Crippen molar-refractivity contribution in [3.05, 3.63) is 36.5 Å². The minimum atomic E-state index is -4.34. The van der Waals surface area contributed by atoms with E-state index in [9.17, 15) is 19.4 Å². The van der Waals surface area contributed by atoms with Gasteiger partial charge in [-0.25, -0.2) is 4.57 Å². The summed E-state index contributed by atoms with van der Waals surface area (Å²) in [5, 5.41) is 13.7. The zero-order valence-corrected chi connectivity index (χ0v) is 41.8. The van der Waals surface area contributed by atoms with E-state index in [0.29, 0.717) is 17.4 Å². The van der Waals surface area contributed by atoms with Crippen LogP contribution in [-0.2, 0) is 18.4 Å². The lowest BCUT2D eigenvalue weighted by Gasteiger charge is -2.25. The van der Waals surface area contributed by atoms with Gasteiger partial charge in [0, 0.05) is 6.42 Å². The van der Waals surface area contributed by atoms with Gasteiger partial charge in [0.05, 0.1) is 39.9 Å². The molecule has 9 heteroatoms. The summed E-state index contributed by atoms with van der Waals surface area (Å²) in [5.41, 5.74) is 0. The number of aliphatic hydroxyl groups excluding tert-OH is 1. The third kappa shape index (κ3) is 46.5. The van der Waals surface area contributed by atoms with Crippen molar-refractivity contribution in [1.29, 1.82) is 0 Å². The summed E-state index contributed by atoms with van der Waals surface area (Å²) < 4.78 is 23.5. The molecule has 0 saturated heterocycles. The molecule has 3 atom stereocenters. The van der Waals surface area contributed by atoms with Gasteiger partial charge in [-0.1, -0.05) is 224 Å². The predicted octanol–water partition coefficient (Wildman–Crippen LogP) is 15.0. The van der Waals surface area contributed by atoms with E-state index in [4.69, 9.17) is 9.05 Å². The summed E-state index contributed by atoms with van der Waals surface area (Å²) >= 11 is 0. The summed E-state index contributed by atoms with van der Waals surface area (Å²) in [4.78, 5) is 23.0. The lowest BCUT2D eigenvalue weighted by molar-refractivity contribution is -0.870. The zero-order chi connectivity index (χ0) is 45.0. The number of allylic oxidation sites excluding steroid dienone is 5. The highest BCUT2D eigenvalue weighted by molar-refractivity contribution is 7.47. The number of nitrogens with one attached hydrogen (secondary N) is 1. The van der Waals surface area contributed by atoms with Crippen LogP contribution < -0.4 is 5.32 Å². The highest BCUT2D eigenvalue weighted by atomic mass is 31.2. The van der Waals surface area contributed by atoms with E-state index in [1.165, 1.54) is 173 Å². The van der Waals surface area contributed by atoms with Crippen LogP contribution in [0.4, 0.5) is 0 Å². The Morgan fingerprint density at radius 3 is 1.31 bits per heavy atom. The third-order valence-corrected chi connectivity index (χ3v) is 12.6. The Morgan fingerprint density at radius 1 is 0.541 bits per heavy atom. The fourth-order valence-electron chi connectivity index (χ4n) is 7.49. The zero-order valence-electron chi connectivity index (χ0n) is 40.9. The number of hydrogen-bond acceptors (Lipinski definition) is 5. The molecule has 360 valence electrons. The number of carbonyl (C=O) groups excluding carboxylic acids is 1. The Kier molecular flexibility index (Phi) is 43.0. The van der Waals surface area contributed by atoms with E-state index in [-0.39, 0.29) is 19.1 Å². The molecule has 0 aliphatic carbocycles. The molecule has 0 saturated carbocycles. The van der Waals surface area contributed by atoms with Crippen molar-refractivity contribution in [3.8, 4) is 0 Å². The van der Waals surface area contributed by atoms with Crippen molar-refractivity contribution < 1.29 is 32.9 Å². The van der Waals surface area contributed by atoms with Crippen LogP contribution >= 0.6 is 7.82 Å². The summed E-state index contributed by atoms with van der Waals surface area (Å²) in [6.45, 7) is 4.74. The maximum atomic E-state index is 12.7. The second kappa shape index (κ2) is 43.9. The lowest BCUT2D eigenvalue weighted by Crippen LogP contribution is -2.45. The first-order chi connectivity index (χ1) is 29.5. The van der Waals surface area contributed by atoms with Crippen LogP contribution in [0.15, 0.2) is 36.5 Å². The van der Waals surface area contributed by atoms with Crippen molar-refractivity contribution >= 4 is 13.7 Å². The summed E-state index contributed by atoms with van der Waals surface area (Å²) in [6, 6.07) is -0.864. The molecule has 8 nitrogen and oxygen atoms in total. The van der Waals surface area contributed by atoms with Crippen LogP contribution in [0.2, 0.25) is 0 Å². The molecular weight excluding hydrogens is 780 g/mol. The maximum absolute atomic E-state index is 12.7. The second-order valence-electron chi connectivity index (χ2n) is 18.9. The maximum Gasteiger partial charge on any atom is 0.472 e. The number of rotatable bonds is 47. The van der Waals surface area contributed by atoms with E-state index in [2.05, 4.69) is 43.5 Å². The van der Waals surface area contributed by atoms with Crippen molar-refractivity contribution in [2.24, 2.45) is 0 Å². The van der Waals surface area contributed by atoms with Crippen LogP contribution in [-0.4, -0.2) is 73.4 Å². The van der Waals surface area contributed by atoms with Crippen LogP contribution in [0, 0.1) is 0 Å². The highest BCUT2D eigenvalue weighted by Crippen LogP contribution is 2.43. The van der Waals surface area contributed by atoms with Gasteiger partial charge in [-0.3, -0.25) is 13.8 Å². The molecule has 0 rings (SSSR count). The minimum absolute atomic E-state index is 0.0541. The fraction of sp³-hybridized carbons (Fsp3) is 0.865. The molecule has 0 aliphatic rings. The van der Waals surface area contributed by atoms with Gasteiger partial charge in [0.2, 0.25) is 5.91 Å². The molecule has 3 N–H and O–H groups in total. The predicted molar refractivity (Wildman–Crippen MR) is 263 cm³/mol. The molecule has 1 amide bonds. The van der Waals surface area contributed by atoms with E-state index in [1.807, 2.05) is 27.2 Å². The highest BCUT2D eigenvalue weighted by Gasteiger charge is 2.27. The van der Waals surface area contributed by atoms with Crippen molar-refractivity contribution in [3.63, 3.8) is 0 Å². The van der Waals surface area contributed by atoms with Gasteiger partial charge in [-0.15, -0.1) is 0 Å². The van der Waals surface area contributed by atoms with Crippen LogP contribution in [0.5, 0.6) is 0 Å². The first kappa shape index (κ1) is 59.7. The van der Waals surface area contributed by atoms with E-state index >= 15 is 0 Å². The van der Waals surface area contributed by atoms with Crippen molar-refractivity contribution in [2.45, 2.75) is 251 Å². The lowest BCUT2D eigenvalue weighted by atomic mass is 10.0. The molecule has 61 heavy (non-hydrogen) atoms. The number of amides is 1. The monoisotopic (exact) mass is 882 g/mol. The number of likely N-dealkylation sites (N-methyl/N-ethyl adjacent to an activating group) is 1. The molecule has 0 spiro atoms. The normalized spacial score (nSPS) is 14.4. The van der Waals surface area contributed by atoms with Crippen molar-refractivity contribution in [2.75, 3.05) is 40.9 Å². The molecule has 0 aromatic carbocycles. The standard InChI is InChI=1S/C52H101N2O6P/c1-6-8-10-12-14-15-16-17-18-19-20-21-22-23-24-25-26-27-28-29-30-31-32-33-34-35-36-37-38-40-41-43-45-51(55)50(49-60-61(57,58)59-48-47-54(3,4)5)53-52(56)46-44-42-39-13-11-9-7-2/h33-34,37-38,43,45,50-51,55H,6-32,35-36,39-42,44,46-49H2,1-5H3,(H-,53,56,57,58)/p+1/b34-33+,38-37+,45-43+. The Balaban J connectivity index is 4.04. The van der Waals surface area contributed by atoms with Crippen LogP contribution in [0.3, 0.4) is 0 Å². The number of nitrogens with zero attached hydrogens (tertiary/aromatic N) is 1. The molecule has 3 unspecified atom stereocenters. The average molecular weight is 882 g/mol. The second-order valence-corrected chi connectivity index (χ2v) is 20.3. The quantitative estimate of drug-likeness (QED) is 0.0243. The Morgan fingerprint density at radius 2 is 0.902 bits per heavy atom. The van der Waals surface area contributed by atoms with Crippen LogP contribution in [0.1, 0.15) is 239 Å². The van der Waals surface area contributed by atoms with Gasteiger partial charge in [0.25, 0.3) is 0 Å². The van der Waals surface area contributed by atoms with Gasteiger partial charge in [-0.05, 0) is 44.9 Å². The number of phosphoric ester groups is 1. The molecule has 0 aliphatic heterocycles. The minimum Gasteiger partial charge on any atom is -0.387 e. The number of phosphoric acid groups is 1. The van der Waals surface area contributed by atoms with E-state index in [1.54, 1.807) is 6.08 Å². The molecule has 0 fully saturated rings. The van der Waals surface area contributed by atoms with Gasteiger partial charge in [0.15, 0.2) is 0 Å². The Labute approximate surface area is 378 Å². The number of unbranched alkanes of at least 4 members (excludes halogenated alkanes) is 30. The van der Waals surface area contributed by atoms with Crippen molar-refractivity contribution in [1.82, 2.24) is 5.32 Å². The first-order valence-corrected chi connectivity index (χ1v) is 27.4. The Bertz CT molecular complexity index is 1090. The third-order valence-electron chi connectivity index (χ3n) is 11.6. The number of quaternary nitrogens is 1. The SMILES string of the molecule is CCCCCCCCCCCCCCCCCCCCCCCC/C=C/CC/C=C/CC/C=C/C(O)C(COP(=O)(O)OCC[N+](C)(C)C)NC(=O)CCCCCCCCC. The summed E-state index contributed by atoms with van der Waals surface area (Å²) in [6.07, 6.45) is 55.7. The molecule has 0 aromatic heterocycles. The van der Waals surface area contributed by atoms with Gasteiger partial charge >= 0.3 is 7.82 Å². The molecule has 0 radical (unpaired) electrons. The van der Waals surface area contributed by atoms with E-state index in [0.717, 1.165) is 44.9 Å². The number of aliphatic hydroxyl groups is 1. The molecule has 0 aromatic rings. The summed E-state index contributed by atoms with van der Waals surface area (Å²) in [7, 11) is 1.55. The average Bonchev–Trinajstić information content (AvgIpc) is 3.21. The van der Waals surface area contributed by atoms with Gasteiger partial charge in [0.1, 0.15) is 13.2 Å². The van der Waals surface area contributed by atoms with Gasteiger partial charge in [-0.2, -0.15) is 0 Å². The Hall–Kier alpha value is -1.28. The number of carbonyl (C=O) groups is 1. The first-order valence-electron chi connectivity index (χ1n) is 25.9. The van der Waals surface area contributed by atoms with Crippen LogP contribution in [0.25, 0.3) is 0 Å². The largest absolute Gasteiger partial charge is 0.472 e. The number of hydrogen-bond donors (Lipinski definition) is 3. The molecule has 0 bridgehead atoms. The smallest absolute Gasteiger partial charge is 0.387 e. The molecular formula is C52H102N2O6P+. The molecule has 0 heterocycles. The van der Waals surface area contributed by atoms with Gasteiger partial charge < -0.3 is 19.8 Å². The summed E-state index contributed by atoms with van der Waals surface area (Å²) in [5.74, 6) is -0.198. The topological polar surface area (TPSA) is 105 Å². The van der Waals surface area contributed by atoms with E-state index < -0.39 is 20.0 Å².